The van der Waals surface area contributed by atoms with E-state index in [4.69, 9.17) is 13.6 Å². The molecule has 0 saturated carbocycles. The molecular weight excluding hydrogens is 588 g/mol. The maximum atomic E-state index is 13.5. The molecule has 2 aromatic heterocycles. The Morgan fingerprint density at radius 3 is 2.28 bits per heavy atom. The summed E-state index contributed by atoms with van der Waals surface area (Å²) in [5, 5.41) is 12.2. The Labute approximate surface area is 274 Å². The second-order valence-corrected chi connectivity index (χ2v) is 11.4. The number of anilines is 1. The van der Waals surface area contributed by atoms with E-state index in [0.717, 1.165) is 53.3 Å². The van der Waals surface area contributed by atoms with Crippen molar-refractivity contribution >= 4 is 11.5 Å². The van der Waals surface area contributed by atoms with Crippen LogP contribution in [0.2, 0.25) is 0 Å². The Balaban J connectivity index is 1.18. The highest BCUT2D eigenvalue weighted by Crippen LogP contribution is 2.29. The average molecular weight is 627 g/mol. The van der Waals surface area contributed by atoms with Crippen LogP contribution >= 0.6 is 0 Å². The third kappa shape index (κ3) is 8.02. The van der Waals surface area contributed by atoms with E-state index in [9.17, 15) is 4.79 Å². The predicted molar refractivity (Wildman–Crippen MR) is 182 cm³/mol. The number of rotatable bonds is 15. The minimum absolute atomic E-state index is 0.0471. The van der Waals surface area contributed by atoms with Crippen molar-refractivity contribution in [3.8, 4) is 17.2 Å². The van der Waals surface area contributed by atoms with Crippen molar-refractivity contribution in [1.29, 1.82) is 0 Å². The maximum Gasteiger partial charge on any atom is 0.226 e. The first-order chi connectivity index (χ1) is 23.1. The van der Waals surface area contributed by atoms with Crippen molar-refractivity contribution in [2.45, 2.75) is 52.0 Å². The average Bonchev–Trinajstić information content (AvgIpc) is 3.73. The van der Waals surface area contributed by atoms with Crippen molar-refractivity contribution in [2.24, 2.45) is 0 Å². The van der Waals surface area contributed by atoms with Crippen LogP contribution in [0.4, 0.5) is 5.69 Å². The number of benzene rings is 4. The topological polar surface area (TPSA) is 103 Å². The number of hydrogen-bond acceptors (Lipinski definition) is 8. The first-order valence-corrected chi connectivity index (χ1v) is 16.1. The van der Waals surface area contributed by atoms with E-state index in [1.54, 1.807) is 0 Å². The smallest absolute Gasteiger partial charge is 0.226 e. The summed E-state index contributed by atoms with van der Waals surface area (Å²) in [4.78, 5) is 18.2. The van der Waals surface area contributed by atoms with Crippen LogP contribution < -0.4 is 10.1 Å². The lowest BCUT2D eigenvalue weighted by atomic mass is 9.99. The van der Waals surface area contributed by atoms with Gasteiger partial charge in [-0.1, -0.05) is 86.1 Å². The zero-order valence-corrected chi connectivity index (χ0v) is 26.7. The summed E-state index contributed by atoms with van der Waals surface area (Å²) < 4.78 is 18.0. The number of aryl methyl sites for hydroxylation is 2. The molecular formula is C39H38N4O4. The highest BCUT2D eigenvalue weighted by Gasteiger charge is 2.21. The molecule has 0 saturated heterocycles. The van der Waals surface area contributed by atoms with E-state index in [1.807, 2.05) is 116 Å². The molecule has 47 heavy (non-hydrogen) atoms. The summed E-state index contributed by atoms with van der Waals surface area (Å²) >= 11 is 0. The maximum absolute atomic E-state index is 13.5. The number of carbonyl (C=O) groups excluding carboxylic acids is 1. The second kappa shape index (κ2) is 15.2. The minimum atomic E-state index is -0.248. The van der Waals surface area contributed by atoms with Gasteiger partial charge in [0.1, 0.15) is 11.5 Å². The number of aromatic nitrogens is 3. The standard InChI is InChI=1S/C39H38N4O4/c1-3-4-19-36-42-43-37(47-36)26-35(40-34-18-12-11-17-32(34)38(44)29-13-7-5-8-14-29)28-20-22-31(23-21-28)45-25-24-33-27(2)46-39(41-33)30-15-9-6-10-16-30/h5-18,20-23,35,40H,3-4,19,24-26H2,1-2H3/t35-/m0/s1. The molecule has 1 atom stereocenters. The number of para-hydroxylation sites is 1. The van der Waals surface area contributed by atoms with Gasteiger partial charge in [-0.3, -0.25) is 4.79 Å². The van der Waals surface area contributed by atoms with Gasteiger partial charge in [-0.25, -0.2) is 4.98 Å². The van der Waals surface area contributed by atoms with Crippen LogP contribution in [0.1, 0.15) is 70.5 Å². The number of nitrogens with one attached hydrogen (secondary N) is 1. The normalized spacial score (nSPS) is 11.7. The molecule has 0 amide bonds. The Bertz CT molecular complexity index is 1880. The van der Waals surface area contributed by atoms with Crippen molar-refractivity contribution < 1.29 is 18.4 Å². The zero-order chi connectivity index (χ0) is 32.4. The third-order valence-corrected chi connectivity index (χ3v) is 7.97. The molecule has 0 aliphatic carbocycles. The molecule has 6 aromatic rings. The summed E-state index contributed by atoms with van der Waals surface area (Å²) in [7, 11) is 0. The van der Waals surface area contributed by atoms with E-state index in [0.29, 0.717) is 48.2 Å². The van der Waals surface area contributed by atoms with Crippen LogP contribution in [0.25, 0.3) is 11.5 Å². The highest BCUT2D eigenvalue weighted by molar-refractivity contribution is 6.12. The van der Waals surface area contributed by atoms with E-state index in [-0.39, 0.29) is 11.8 Å². The number of ether oxygens (including phenoxy) is 1. The van der Waals surface area contributed by atoms with Crippen molar-refractivity contribution in [3.05, 3.63) is 149 Å². The van der Waals surface area contributed by atoms with Gasteiger partial charge in [0.2, 0.25) is 17.7 Å². The fourth-order valence-electron chi connectivity index (χ4n) is 5.39. The van der Waals surface area contributed by atoms with E-state index < -0.39 is 0 Å². The Kier molecular flexibility index (Phi) is 10.2. The molecule has 0 spiro atoms. The van der Waals surface area contributed by atoms with Crippen LogP contribution in [0.15, 0.2) is 118 Å². The summed E-state index contributed by atoms with van der Waals surface area (Å²) in [6.07, 6.45) is 3.86. The molecule has 0 fully saturated rings. The number of oxazole rings is 1. The lowest BCUT2D eigenvalue weighted by Gasteiger charge is -2.21. The van der Waals surface area contributed by atoms with Gasteiger partial charge in [-0.15, -0.1) is 10.2 Å². The number of hydrogen-bond donors (Lipinski definition) is 1. The molecule has 0 unspecified atom stereocenters. The molecule has 2 heterocycles. The van der Waals surface area contributed by atoms with E-state index in [2.05, 4.69) is 27.4 Å². The summed E-state index contributed by atoms with van der Waals surface area (Å²) in [5.41, 5.74) is 4.78. The van der Waals surface area contributed by atoms with Crippen molar-refractivity contribution in [2.75, 3.05) is 11.9 Å². The van der Waals surface area contributed by atoms with Gasteiger partial charge in [-0.05, 0) is 55.3 Å². The molecule has 0 radical (unpaired) electrons. The molecule has 238 valence electrons. The van der Waals surface area contributed by atoms with Crippen LogP contribution in [0.3, 0.4) is 0 Å². The number of nitrogens with zero attached hydrogens (tertiary/aromatic N) is 3. The second-order valence-electron chi connectivity index (χ2n) is 11.4. The molecule has 8 heteroatoms. The minimum Gasteiger partial charge on any atom is -0.493 e. The molecule has 8 nitrogen and oxygen atoms in total. The lowest BCUT2D eigenvalue weighted by Crippen LogP contribution is -2.16. The number of ketones is 1. The van der Waals surface area contributed by atoms with E-state index >= 15 is 0 Å². The SMILES string of the molecule is CCCCc1nnc(C[C@H](Nc2ccccc2C(=O)c2ccccc2)c2ccc(OCCc3nc(-c4ccccc4)oc3C)cc2)o1. The number of carbonyl (C=O) groups is 1. The van der Waals surface area contributed by atoms with Crippen LogP contribution in [0, 0.1) is 6.92 Å². The van der Waals surface area contributed by atoms with Gasteiger partial charge < -0.3 is 18.9 Å². The molecule has 0 aliphatic heterocycles. The largest absolute Gasteiger partial charge is 0.493 e. The number of unbranched alkanes of at least 4 members (excludes halogenated alkanes) is 1. The molecule has 4 aromatic carbocycles. The zero-order valence-electron chi connectivity index (χ0n) is 26.7. The summed E-state index contributed by atoms with van der Waals surface area (Å²) in [5.74, 6) is 3.29. The van der Waals surface area contributed by atoms with Crippen LogP contribution in [-0.4, -0.2) is 27.6 Å². The van der Waals surface area contributed by atoms with Crippen molar-refractivity contribution in [3.63, 3.8) is 0 Å². The van der Waals surface area contributed by atoms with Gasteiger partial charge in [-0.2, -0.15) is 0 Å². The Hall–Kier alpha value is -5.50. The van der Waals surface area contributed by atoms with Gasteiger partial charge in [0.15, 0.2) is 5.78 Å². The molecule has 6 rings (SSSR count). The van der Waals surface area contributed by atoms with Crippen molar-refractivity contribution in [1.82, 2.24) is 15.2 Å². The molecule has 0 aliphatic rings. The Morgan fingerprint density at radius 1 is 0.809 bits per heavy atom. The quantitative estimate of drug-likeness (QED) is 0.113. The van der Waals surface area contributed by atoms with Gasteiger partial charge >= 0.3 is 0 Å². The van der Waals surface area contributed by atoms with Crippen LogP contribution in [-0.2, 0) is 19.3 Å². The van der Waals surface area contributed by atoms with Gasteiger partial charge in [0.25, 0.3) is 0 Å². The Morgan fingerprint density at radius 2 is 1.51 bits per heavy atom. The fourth-order valence-corrected chi connectivity index (χ4v) is 5.39. The third-order valence-electron chi connectivity index (χ3n) is 7.97. The predicted octanol–water partition coefficient (Wildman–Crippen LogP) is 8.62. The van der Waals surface area contributed by atoms with Gasteiger partial charge in [0.05, 0.1) is 24.8 Å². The fraction of sp³-hybridized carbons (Fsp3) is 0.231. The first kappa shape index (κ1) is 31.5. The highest BCUT2D eigenvalue weighted by atomic mass is 16.5. The van der Waals surface area contributed by atoms with Gasteiger partial charge in [0, 0.05) is 35.2 Å². The first-order valence-electron chi connectivity index (χ1n) is 16.1. The summed E-state index contributed by atoms with van der Waals surface area (Å²) in [6.45, 7) is 4.52. The molecule has 0 bridgehead atoms. The summed E-state index contributed by atoms with van der Waals surface area (Å²) in [6, 6.07) is 34.5. The lowest BCUT2D eigenvalue weighted by molar-refractivity contribution is 0.103. The van der Waals surface area contributed by atoms with Crippen LogP contribution in [0.5, 0.6) is 5.75 Å². The van der Waals surface area contributed by atoms with E-state index in [1.165, 1.54) is 0 Å². The molecule has 1 N–H and O–H groups in total. The monoisotopic (exact) mass is 626 g/mol.